The number of rotatable bonds is 7. The molecule has 158 valence electrons. The van der Waals surface area contributed by atoms with Gasteiger partial charge >= 0.3 is 0 Å². The summed E-state index contributed by atoms with van der Waals surface area (Å²) in [6.45, 7) is 3.96. The third kappa shape index (κ3) is 4.22. The van der Waals surface area contributed by atoms with Crippen molar-refractivity contribution < 1.29 is 18.3 Å². The predicted octanol–water partition coefficient (Wildman–Crippen LogP) is 2.38. The number of fused-ring (bicyclic) bond motifs is 1. The van der Waals surface area contributed by atoms with Crippen molar-refractivity contribution in [2.45, 2.75) is 25.3 Å². The third-order valence-electron chi connectivity index (χ3n) is 4.78. The highest BCUT2D eigenvalue weighted by atomic mass is 32.2. The van der Waals surface area contributed by atoms with Crippen LogP contribution in [0.4, 0.5) is 5.69 Å². The second-order valence-electron chi connectivity index (χ2n) is 6.64. The Hall–Kier alpha value is -3.17. The average molecular weight is 429 g/mol. The number of phenolic OH excluding ortho intramolecular Hbond substituents is 1. The molecule has 1 heterocycles. The molecule has 0 saturated carbocycles. The number of pyridine rings is 1. The van der Waals surface area contributed by atoms with Gasteiger partial charge in [-0.2, -0.15) is 4.31 Å². The van der Waals surface area contributed by atoms with Gasteiger partial charge in [0, 0.05) is 30.7 Å². The van der Waals surface area contributed by atoms with E-state index in [0.29, 0.717) is 24.0 Å². The van der Waals surface area contributed by atoms with Gasteiger partial charge in [-0.05, 0) is 30.3 Å². The van der Waals surface area contributed by atoms with E-state index in [9.17, 15) is 23.1 Å². The van der Waals surface area contributed by atoms with Crippen molar-refractivity contribution in [2.24, 2.45) is 0 Å². The molecular formula is C21H23N3O5S. The molecule has 3 aromatic rings. The zero-order chi connectivity index (χ0) is 21.9. The highest BCUT2D eigenvalue weighted by Crippen LogP contribution is 2.28. The lowest BCUT2D eigenvalue weighted by Crippen LogP contribution is -2.30. The van der Waals surface area contributed by atoms with Crippen LogP contribution in [-0.4, -0.2) is 41.4 Å². The van der Waals surface area contributed by atoms with Crippen molar-refractivity contribution in [2.75, 3.05) is 18.4 Å². The molecule has 0 aliphatic heterocycles. The monoisotopic (exact) mass is 429 g/mol. The van der Waals surface area contributed by atoms with Gasteiger partial charge in [0.15, 0.2) is 5.43 Å². The average Bonchev–Trinajstić information content (AvgIpc) is 2.72. The van der Waals surface area contributed by atoms with Crippen molar-refractivity contribution in [3.05, 3.63) is 65.0 Å². The highest BCUT2D eigenvalue weighted by molar-refractivity contribution is 7.89. The molecule has 0 aliphatic carbocycles. The minimum atomic E-state index is -3.74. The van der Waals surface area contributed by atoms with Crippen LogP contribution in [0.25, 0.3) is 10.9 Å². The maximum absolute atomic E-state index is 12.7. The Morgan fingerprint density at radius 2 is 1.80 bits per heavy atom. The number of amides is 1. The minimum absolute atomic E-state index is 0.00131. The van der Waals surface area contributed by atoms with Gasteiger partial charge in [0.25, 0.3) is 0 Å². The summed E-state index contributed by atoms with van der Waals surface area (Å²) in [7, 11) is -3.74. The Morgan fingerprint density at radius 3 is 2.50 bits per heavy atom. The molecule has 0 bridgehead atoms. The summed E-state index contributed by atoms with van der Waals surface area (Å²) >= 11 is 0. The van der Waals surface area contributed by atoms with Crippen molar-refractivity contribution in [3.8, 4) is 5.75 Å². The molecule has 1 amide bonds. The predicted molar refractivity (Wildman–Crippen MR) is 115 cm³/mol. The van der Waals surface area contributed by atoms with Crippen LogP contribution < -0.4 is 10.7 Å². The van der Waals surface area contributed by atoms with E-state index in [1.807, 2.05) is 0 Å². The lowest BCUT2D eigenvalue weighted by molar-refractivity contribution is -0.116. The zero-order valence-electron chi connectivity index (χ0n) is 16.7. The van der Waals surface area contributed by atoms with Crippen molar-refractivity contribution in [1.82, 2.24) is 8.87 Å². The van der Waals surface area contributed by atoms with Gasteiger partial charge in [0.2, 0.25) is 15.9 Å². The summed E-state index contributed by atoms with van der Waals surface area (Å²) in [5, 5.41) is 13.1. The number of carbonyl (C=O) groups excluding carboxylic acids is 1. The summed E-state index contributed by atoms with van der Waals surface area (Å²) in [6, 6.07) is 12.1. The summed E-state index contributed by atoms with van der Waals surface area (Å²) in [6.07, 6.45) is 1.52. The molecule has 0 atom stereocenters. The van der Waals surface area contributed by atoms with Gasteiger partial charge in [-0.1, -0.05) is 26.0 Å². The lowest BCUT2D eigenvalue weighted by Gasteiger charge is -2.19. The molecule has 0 fully saturated rings. The van der Waals surface area contributed by atoms with E-state index < -0.39 is 15.9 Å². The minimum Gasteiger partial charge on any atom is -0.506 e. The summed E-state index contributed by atoms with van der Waals surface area (Å²) in [5.41, 5.74) is 0.454. The molecule has 9 heteroatoms. The number of aromatic nitrogens is 1. The molecule has 0 saturated heterocycles. The molecule has 0 radical (unpaired) electrons. The quantitative estimate of drug-likeness (QED) is 0.561. The first-order valence-corrected chi connectivity index (χ1v) is 10.9. The fourth-order valence-electron chi connectivity index (χ4n) is 3.23. The number of carbonyl (C=O) groups is 1. The van der Waals surface area contributed by atoms with Crippen molar-refractivity contribution in [1.29, 1.82) is 0 Å². The van der Waals surface area contributed by atoms with Gasteiger partial charge in [-0.15, -0.1) is 0 Å². The standard InChI is InChI=1S/C21H23N3O5S/c1-3-24(4-2)30(28,29)15-9-10-20(26)17(13-15)22-21(27)14-23-12-11-19(25)16-7-5-6-8-18(16)23/h5-13,26H,3-4,14H2,1-2H3,(H,22,27). The topological polar surface area (TPSA) is 109 Å². The van der Waals surface area contributed by atoms with Gasteiger partial charge in [-0.25, -0.2) is 8.42 Å². The largest absolute Gasteiger partial charge is 0.506 e. The Morgan fingerprint density at radius 1 is 1.10 bits per heavy atom. The van der Waals surface area contributed by atoms with Crippen LogP contribution in [0.5, 0.6) is 5.75 Å². The van der Waals surface area contributed by atoms with Crippen LogP contribution >= 0.6 is 0 Å². The zero-order valence-corrected chi connectivity index (χ0v) is 17.5. The number of anilines is 1. The molecule has 0 spiro atoms. The summed E-state index contributed by atoms with van der Waals surface area (Å²) in [4.78, 5) is 24.5. The molecule has 0 aliphatic rings. The van der Waals surface area contributed by atoms with E-state index in [1.54, 1.807) is 42.7 Å². The summed E-state index contributed by atoms with van der Waals surface area (Å²) in [5.74, 6) is -0.719. The van der Waals surface area contributed by atoms with E-state index in [-0.39, 0.29) is 28.3 Å². The second-order valence-corrected chi connectivity index (χ2v) is 8.58. The Bertz CT molecular complexity index is 1250. The number of hydrogen-bond donors (Lipinski definition) is 2. The Labute approximate surface area is 174 Å². The molecule has 2 aromatic carbocycles. The first kappa shape index (κ1) is 21.5. The SMILES string of the molecule is CCN(CC)S(=O)(=O)c1ccc(O)c(NC(=O)Cn2ccc(=O)c3ccccc32)c1. The van der Waals surface area contributed by atoms with Crippen molar-refractivity contribution >= 4 is 32.5 Å². The maximum atomic E-state index is 12.7. The number of nitrogens with one attached hydrogen (secondary N) is 1. The molecular weight excluding hydrogens is 406 g/mol. The number of benzene rings is 2. The van der Waals surface area contributed by atoms with E-state index in [1.165, 1.54) is 34.8 Å². The Balaban J connectivity index is 1.88. The van der Waals surface area contributed by atoms with E-state index in [4.69, 9.17) is 0 Å². The lowest BCUT2D eigenvalue weighted by atomic mass is 10.2. The van der Waals surface area contributed by atoms with Crippen LogP contribution in [0.3, 0.4) is 0 Å². The number of phenols is 1. The van der Waals surface area contributed by atoms with Crippen LogP contribution in [-0.2, 0) is 21.4 Å². The number of sulfonamides is 1. The number of nitrogens with zero attached hydrogens (tertiary/aromatic N) is 2. The van der Waals surface area contributed by atoms with Crippen LogP contribution in [0.2, 0.25) is 0 Å². The smallest absolute Gasteiger partial charge is 0.244 e. The van der Waals surface area contributed by atoms with Gasteiger partial charge in [-0.3, -0.25) is 9.59 Å². The first-order chi connectivity index (χ1) is 14.3. The van der Waals surface area contributed by atoms with Crippen molar-refractivity contribution in [3.63, 3.8) is 0 Å². The maximum Gasteiger partial charge on any atom is 0.244 e. The Kier molecular flexibility index (Phi) is 6.23. The molecule has 30 heavy (non-hydrogen) atoms. The highest BCUT2D eigenvalue weighted by Gasteiger charge is 2.23. The number of para-hydroxylation sites is 1. The molecule has 0 unspecified atom stereocenters. The molecule has 8 nitrogen and oxygen atoms in total. The van der Waals surface area contributed by atoms with Crippen LogP contribution in [0.1, 0.15) is 13.8 Å². The van der Waals surface area contributed by atoms with Gasteiger partial charge in [0.05, 0.1) is 16.1 Å². The molecule has 3 rings (SSSR count). The fourth-order valence-corrected chi connectivity index (χ4v) is 4.72. The van der Waals surface area contributed by atoms with Crippen LogP contribution in [0, 0.1) is 0 Å². The van der Waals surface area contributed by atoms with Gasteiger partial charge in [0.1, 0.15) is 12.3 Å². The van der Waals surface area contributed by atoms with Crippen LogP contribution in [0.15, 0.2) is 64.4 Å². The number of aromatic hydroxyl groups is 1. The second kappa shape index (κ2) is 8.68. The fraction of sp³-hybridized carbons (Fsp3) is 0.238. The normalized spacial score (nSPS) is 11.7. The van der Waals surface area contributed by atoms with E-state index in [2.05, 4.69) is 5.32 Å². The molecule has 2 N–H and O–H groups in total. The van der Waals surface area contributed by atoms with E-state index in [0.717, 1.165) is 0 Å². The number of hydrogen-bond acceptors (Lipinski definition) is 5. The van der Waals surface area contributed by atoms with E-state index >= 15 is 0 Å². The first-order valence-electron chi connectivity index (χ1n) is 9.49. The summed E-state index contributed by atoms with van der Waals surface area (Å²) < 4.78 is 28.3. The third-order valence-corrected chi connectivity index (χ3v) is 6.83. The molecule has 1 aromatic heterocycles. The van der Waals surface area contributed by atoms with Gasteiger partial charge < -0.3 is 15.0 Å².